The summed E-state index contributed by atoms with van der Waals surface area (Å²) in [5, 5.41) is 23.9. The molecule has 4 aromatic rings. The van der Waals surface area contributed by atoms with Gasteiger partial charge in [-0.1, -0.05) is 17.7 Å². The molecule has 0 aliphatic heterocycles. The van der Waals surface area contributed by atoms with E-state index in [-0.39, 0.29) is 33.9 Å². The molecule has 0 unspecified atom stereocenters. The van der Waals surface area contributed by atoms with Crippen LogP contribution < -0.4 is 16.4 Å². The van der Waals surface area contributed by atoms with Gasteiger partial charge in [-0.3, -0.25) is 0 Å². The highest BCUT2D eigenvalue weighted by molar-refractivity contribution is 6.31. The van der Waals surface area contributed by atoms with Gasteiger partial charge in [0.25, 0.3) is 0 Å². The fourth-order valence-electron chi connectivity index (χ4n) is 3.17. The molecule has 2 aromatic heterocycles. The molecule has 0 atom stereocenters. The SMILES string of the molecule is CC(=N)/C=C(\N)Nc1ncc2c(n1)c(Nc1ccc(F)c(Cl)c1)nc1cc(C(=O)O)ccc12. The molecule has 33 heavy (non-hydrogen) atoms. The van der Waals surface area contributed by atoms with Gasteiger partial charge in [-0.15, -0.1) is 0 Å². The number of anilines is 3. The highest BCUT2D eigenvalue weighted by Gasteiger charge is 2.15. The Morgan fingerprint density at radius 1 is 1.21 bits per heavy atom. The second-order valence-corrected chi connectivity index (χ2v) is 7.52. The van der Waals surface area contributed by atoms with E-state index in [1.54, 1.807) is 19.2 Å². The summed E-state index contributed by atoms with van der Waals surface area (Å²) in [6.45, 7) is 1.58. The fraction of sp³-hybridized carbons (Fsp3) is 0.0455. The van der Waals surface area contributed by atoms with Gasteiger partial charge < -0.3 is 26.9 Å². The van der Waals surface area contributed by atoms with Crippen LogP contribution in [0.5, 0.6) is 0 Å². The molecule has 11 heteroatoms. The molecule has 166 valence electrons. The zero-order valence-corrected chi connectivity index (χ0v) is 17.9. The average molecular weight is 466 g/mol. The van der Waals surface area contributed by atoms with Gasteiger partial charge in [0.2, 0.25) is 5.95 Å². The van der Waals surface area contributed by atoms with E-state index in [0.717, 1.165) is 0 Å². The summed E-state index contributed by atoms with van der Waals surface area (Å²) in [5.41, 5.74) is 7.46. The standard InChI is InChI=1S/C22H17ClFN7O2/c1-10(25)6-18(26)30-22-27-9-14-13-4-2-11(21(32)33)7-17(13)29-20(19(14)31-22)28-12-3-5-16(24)15(23)8-12/h2-9,25H,26H2,1H3,(H,28,29)(H,32,33)(H,27,30,31)/b18-6+,25-10?. The molecule has 2 heterocycles. The van der Waals surface area contributed by atoms with E-state index in [9.17, 15) is 14.3 Å². The van der Waals surface area contributed by atoms with Gasteiger partial charge >= 0.3 is 5.97 Å². The Balaban J connectivity index is 1.90. The smallest absolute Gasteiger partial charge is 0.335 e. The number of nitrogens with zero attached hydrogens (tertiary/aromatic N) is 3. The van der Waals surface area contributed by atoms with Crippen LogP contribution in [0.25, 0.3) is 21.8 Å². The van der Waals surface area contributed by atoms with Crippen molar-refractivity contribution in [1.82, 2.24) is 15.0 Å². The molecule has 0 bridgehead atoms. The van der Waals surface area contributed by atoms with E-state index < -0.39 is 11.8 Å². The van der Waals surface area contributed by atoms with E-state index in [1.165, 1.54) is 36.4 Å². The Bertz CT molecular complexity index is 1470. The molecule has 0 radical (unpaired) electrons. The van der Waals surface area contributed by atoms with Gasteiger partial charge in [0.05, 0.1) is 16.1 Å². The Hall–Kier alpha value is -4.31. The Morgan fingerprint density at radius 3 is 2.70 bits per heavy atom. The van der Waals surface area contributed by atoms with Gasteiger partial charge in [0.1, 0.15) is 17.2 Å². The number of nitrogens with one attached hydrogen (secondary N) is 3. The summed E-state index contributed by atoms with van der Waals surface area (Å²) in [6, 6.07) is 8.65. The lowest BCUT2D eigenvalue weighted by Gasteiger charge is -2.13. The number of aromatic carboxylic acids is 1. The molecule has 0 amide bonds. The van der Waals surface area contributed by atoms with Gasteiger partial charge in [-0.25, -0.2) is 24.1 Å². The first kappa shape index (κ1) is 21.9. The number of benzene rings is 2. The summed E-state index contributed by atoms with van der Waals surface area (Å²) in [6.07, 6.45) is 2.97. The number of rotatable bonds is 6. The number of fused-ring (bicyclic) bond motifs is 3. The van der Waals surface area contributed by atoms with Crippen LogP contribution in [0.1, 0.15) is 17.3 Å². The van der Waals surface area contributed by atoms with Crippen molar-refractivity contribution in [2.24, 2.45) is 5.73 Å². The minimum Gasteiger partial charge on any atom is -0.478 e. The highest BCUT2D eigenvalue weighted by atomic mass is 35.5. The largest absolute Gasteiger partial charge is 0.478 e. The Kier molecular flexibility index (Phi) is 5.76. The number of hydrogen-bond donors (Lipinski definition) is 5. The lowest BCUT2D eigenvalue weighted by atomic mass is 10.1. The van der Waals surface area contributed by atoms with Gasteiger partial charge in [-0.05, 0) is 43.3 Å². The van der Waals surface area contributed by atoms with E-state index in [4.69, 9.17) is 22.7 Å². The number of carboxylic acids is 1. The number of carbonyl (C=O) groups is 1. The Labute approximate surface area is 191 Å². The maximum Gasteiger partial charge on any atom is 0.335 e. The van der Waals surface area contributed by atoms with Crippen LogP contribution in [0.4, 0.5) is 21.8 Å². The predicted octanol–water partition coefficient (Wildman–Crippen LogP) is 4.66. The molecule has 9 nitrogen and oxygen atoms in total. The van der Waals surface area contributed by atoms with Crippen LogP contribution in [0, 0.1) is 11.2 Å². The first-order valence-electron chi connectivity index (χ1n) is 9.56. The van der Waals surface area contributed by atoms with Crippen molar-refractivity contribution in [2.45, 2.75) is 6.92 Å². The first-order valence-corrected chi connectivity index (χ1v) is 9.94. The van der Waals surface area contributed by atoms with Crippen LogP contribution in [0.3, 0.4) is 0 Å². The maximum absolute atomic E-state index is 13.6. The van der Waals surface area contributed by atoms with Crippen LogP contribution in [-0.4, -0.2) is 31.7 Å². The lowest BCUT2D eigenvalue weighted by Crippen LogP contribution is -2.13. The second kappa shape index (κ2) is 8.67. The third-order valence-electron chi connectivity index (χ3n) is 4.59. The zero-order chi connectivity index (χ0) is 23.7. The van der Waals surface area contributed by atoms with Gasteiger partial charge in [0.15, 0.2) is 5.82 Å². The van der Waals surface area contributed by atoms with Crippen molar-refractivity contribution in [1.29, 1.82) is 5.41 Å². The molecular weight excluding hydrogens is 449 g/mol. The Morgan fingerprint density at radius 2 is 2.00 bits per heavy atom. The van der Waals surface area contributed by atoms with Crippen molar-refractivity contribution >= 4 is 62.5 Å². The minimum absolute atomic E-state index is 0.0734. The van der Waals surface area contributed by atoms with Crippen LogP contribution in [-0.2, 0) is 0 Å². The van der Waals surface area contributed by atoms with Crippen molar-refractivity contribution in [3.8, 4) is 0 Å². The van der Waals surface area contributed by atoms with Crippen molar-refractivity contribution in [3.63, 3.8) is 0 Å². The van der Waals surface area contributed by atoms with E-state index >= 15 is 0 Å². The molecule has 2 aromatic carbocycles. The maximum atomic E-state index is 13.6. The van der Waals surface area contributed by atoms with E-state index in [2.05, 4.69) is 25.6 Å². The number of hydrogen-bond acceptors (Lipinski definition) is 8. The van der Waals surface area contributed by atoms with Crippen LogP contribution >= 0.6 is 11.6 Å². The van der Waals surface area contributed by atoms with Crippen molar-refractivity contribution in [3.05, 3.63) is 70.9 Å². The number of nitrogens with two attached hydrogens (primary N) is 1. The summed E-state index contributed by atoms with van der Waals surface area (Å²) >= 11 is 5.90. The number of halogens is 2. The molecule has 0 spiro atoms. The van der Waals surface area contributed by atoms with E-state index in [1.807, 2.05) is 0 Å². The number of allylic oxidation sites excluding steroid dienone is 1. The molecule has 0 aliphatic rings. The summed E-state index contributed by atoms with van der Waals surface area (Å²) in [7, 11) is 0. The lowest BCUT2D eigenvalue weighted by molar-refractivity contribution is 0.0697. The molecule has 0 saturated carbocycles. The molecule has 0 fully saturated rings. The van der Waals surface area contributed by atoms with Gasteiger partial charge in [0, 0.05) is 28.4 Å². The van der Waals surface area contributed by atoms with E-state index in [0.29, 0.717) is 27.5 Å². The predicted molar refractivity (Wildman–Crippen MR) is 126 cm³/mol. The molecule has 6 N–H and O–H groups in total. The number of carboxylic acid groups (broad SMARTS) is 1. The topological polar surface area (TPSA) is 150 Å². The third kappa shape index (κ3) is 4.65. The van der Waals surface area contributed by atoms with Gasteiger partial charge in [-0.2, -0.15) is 0 Å². The highest BCUT2D eigenvalue weighted by Crippen LogP contribution is 2.31. The minimum atomic E-state index is -1.09. The summed E-state index contributed by atoms with van der Waals surface area (Å²) in [4.78, 5) is 24.8. The zero-order valence-electron chi connectivity index (χ0n) is 17.1. The molecular formula is C22H17ClFN7O2. The third-order valence-corrected chi connectivity index (χ3v) is 4.88. The normalized spacial score (nSPS) is 11.5. The second-order valence-electron chi connectivity index (χ2n) is 7.11. The number of aromatic nitrogens is 3. The molecule has 0 saturated heterocycles. The van der Waals surface area contributed by atoms with Crippen molar-refractivity contribution < 1.29 is 14.3 Å². The molecule has 4 rings (SSSR count). The summed E-state index contributed by atoms with van der Waals surface area (Å²) < 4.78 is 13.6. The fourth-order valence-corrected chi connectivity index (χ4v) is 3.35. The molecule has 0 aliphatic carbocycles. The van der Waals surface area contributed by atoms with Crippen LogP contribution in [0.15, 0.2) is 54.5 Å². The average Bonchev–Trinajstić information content (AvgIpc) is 2.75. The first-order chi connectivity index (χ1) is 15.7. The summed E-state index contributed by atoms with van der Waals surface area (Å²) in [5.74, 6) is -1.03. The number of pyridine rings is 1. The van der Waals surface area contributed by atoms with Crippen LogP contribution in [0.2, 0.25) is 5.02 Å². The monoisotopic (exact) mass is 465 g/mol. The quantitative estimate of drug-likeness (QED) is 0.204. The van der Waals surface area contributed by atoms with Crippen molar-refractivity contribution in [2.75, 3.05) is 10.6 Å².